The molecule has 0 radical (unpaired) electrons. The molecular weight excluding hydrogens is 214 g/mol. The Morgan fingerprint density at radius 2 is 1.40 bits per heavy atom. The van der Waals surface area contributed by atoms with Crippen LogP contribution in [-0.4, -0.2) is 33.7 Å². The monoisotopic (exact) mass is 245 g/mol. The van der Waals surface area contributed by atoms with E-state index in [1.165, 1.54) is 12.1 Å². The van der Waals surface area contributed by atoms with Gasteiger partial charge >= 0.3 is 0 Å². The number of hydrogen-bond acceptors (Lipinski definition) is 1. The van der Waals surface area contributed by atoms with Crippen molar-refractivity contribution >= 4 is 17.0 Å². The second kappa shape index (κ2) is 6.21. The van der Waals surface area contributed by atoms with Crippen LogP contribution in [-0.2, 0) is 0 Å². The second-order valence-electron chi connectivity index (χ2n) is 6.58. The highest BCUT2D eigenvalue weighted by Gasteiger charge is 2.23. The Bertz CT molecular complexity index is 165. The minimum absolute atomic E-state index is 0.665. The largest absolute Gasteiger partial charge is 0.322 e. The summed E-state index contributed by atoms with van der Waals surface area (Å²) in [5, 5.41) is 0. The Morgan fingerprint density at radius 1 is 1.00 bits per heavy atom. The average Bonchev–Trinajstić information content (AvgIpc) is 1.97. The first-order valence-electron chi connectivity index (χ1n) is 6.42. The van der Waals surface area contributed by atoms with Crippen LogP contribution < -0.4 is 0 Å². The van der Waals surface area contributed by atoms with Crippen LogP contribution in [0.2, 0.25) is 38.3 Å². The summed E-state index contributed by atoms with van der Waals surface area (Å²) in [6.45, 7) is 19.4. The summed E-state index contributed by atoms with van der Waals surface area (Å²) >= 11 is 0. The van der Waals surface area contributed by atoms with Crippen LogP contribution in [0.4, 0.5) is 0 Å². The van der Waals surface area contributed by atoms with E-state index in [1.54, 1.807) is 0 Å². The molecule has 0 saturated heterocycles. The van der Waals surface area contributed by atoms with Gasteiger partial charge in [0, 0.05) is 8.07 Å². The first-order valence-corrected chi connectivity index (χ1v) is 12.6. The fraction of sp³-hybridized carbons (Fsp3) is 1.00. The fourth-order valence-corrected chi connectivity index (χ4v) is 9.87. The highest BCUT2D eigenvalue weighted by molar-refractivity contribution is 6.77. The van der Waals surface area contributed by atoms with Gasteiger partial charge in [-0.2, -0.15) is 0 Å². The zero-order valence-electron chi connectivity index (χ0n) is 12.1. The lowest BCUT2D eigenvalue weighted by molar-refractivity contribution is 0.303. The topological polar surface area (TPSA) is 3.24 Å². The maximum atomic E-state index is 2.78. The van der Waals surface area contributed by atoms with E-state index in [0.717, 1.165) is 12.1 Å². The van der Waals surface area contributed by atoms with E-state index in [1.807, 2.05) is 0 Å². The van der Waals surface area contributed by atoms with Crippen molar-refractivity contribution < 1.29 is 0 Å². The van der Waals surface area contributed by atoms with Crippen molar-refractivity contribution in [2.45, 2.75) is 78.1 Å². The summed E-state index contributed by atoms with van der Waals surface area (Å²) in [6.07, 6.45) is 0. The van der Waals surface area contributed by atoms with Crippen LogP contribution in [0.1, 0.15) is 27.7 Å². The maximum Gasteiger partial charge on any atom is 0.109 e. The van der Waals surface area contributed by atoms with E-state index in [0.29, 0.717) is 0 Å². The third-order valence-electron chi connectivity index (χ3n) is 3.01. The van der Waals surface area contributed by atoms with E-state index in [9.17, 15) is 0 Å². The predicted octanol–water partition coefficient (Wildman–Crippen LogP) is 3.80. The van der Waals surface area contributed by atoms with Gasteiger partial charge in [0.15, 0.2) is 0 Å². The molecule has 92 valence electrons. The number of nitrogens with zero attached hydrogens (tertiary/aromatic N) is 1. The third-order valence-corrected chi connectivity index (χ3v) is 8.71. The Balaban J connectivity index is 4.21. The fourth-order valence-electron chi connectivity index (χ4n) is 2.41. The molecule has 0 N–H and O–H groups in total. The first kappa shape index (κ1) is 15.4. The summed E-state index contributed by atoms with van der Waals surface area (Å²) < 4.78 is 2.78. The molecule has 0 bridgehead atoms. The molecular formula is C12H31NSi2. The highest BCUT2D eigenvalue weighted by Crippen LogP contribution is 2.18. The van der Waals surface area contributed by atoms with Crippen LogP contribution in [0.5, 0.6) is 0 Å². The van der Waals surface area contributed by atoms with E-state index in [4.69, 9.17) is 0 Å². The van der Waals surface area contributed by atoms with Crippen molar-refractivity contribution in [2.75, 3.05) is 0 Å². The van der Waals surface area contributed by atoms with Gasteiger partial charge in [0.25, 0.3) is 0 Å². The zero-order valence-corrected chi connectivity index (χ0v) is 14.2. The first-order chi connectivity index (χ1) is 6.65. The van der Waals surface area contributed by atoms with Gasteiger partial charge in [0.2, 0.25) is 0 Å². The molecule has 1 unspecified atom stereocenters. The van der Waals surface area contributed by atoms with Crippen molar-refractivity contribution in [3.8, 4) is 0 Å². The standard InChI is InChI=1S/C12H31NSi2/c1-11(2)13(12(3)4)14(5)9-10-15(6,7)8/h11-12,14H,9-10H2,1-8H3. The van der Waals surface area contributed by atoms with Gasteiger partial charge in [-0.25, -0.2) is 0 Å². The van der Waals surface area contributed by atoms with Crippen LogP contribution in [0.3, 0.4) is 0 Å². The molecule has 0 fully saturated rings. The Morgan fingerprint density at radius 3 is 1.67 bits per heavy atom. The van der Waals surface area contributed by atoms with Crippen molar-refractivity contribution in [3.63, 3.8) is 0 Å². The molecule has 0 heterocycles. The van der Waals surface area contributed by atoms with Crippen LogP contribution >= 0.6 is 0 Å². The Hall–Kier alpha value is 0.394. The molecule has 15 heavy (non-hydrogen) atoms. The maximum absolute atomic E-state index is 2.78. The number of rotatable bonds is 6. The molecule has 0 rings (SSSR count). The summed E-state index contributed by atoms with van der Waals surface area (Å²) in [5.41, 5.74) is 0. The third kappa shape index (κ3) is 6.53. The van der Waals surface area contributed by atoms with Gasteiger partial charge in [0.05, 0.1) is 0 Å². The van der Waals surface area contributed by atoms with E-state index in [2.05, 4.69) is 58.4 Å². The molecule has 0 aliphatic carbocycles. The summed E-state index contributed by atoms with van der Waals surface area (Å²) in [5.74, 6) is 0. The van der Waals surface area contributed by atoms with Crippen molar-refractivity contribution in [2.24, 2.45) is 0 Å². The van der Waals surface area contributed by atoms with E-state index in [-0.39, 0.29) is 0 Å². The van der Waals surface area contributed by atoms with Gasteiger partial charge in [-0.3, -0.25) is 0 Å². The van der Waals surface area contributed by atoms with Crippen LogP contribution in [0.25, 0.3) is 0 Å². The van der Waals surface area contributed by atoms with Crippen LogP contribution in [0, 0.1) is 0 Å². The van der Waals surface area contributed by atoms with Gasteiger partial charge < -0.3 is 4.57 Å². The van der Waals surface area contributed by atoms with Gasteiger partial charge in [-0.05, 0) is 18.1 Å². The molecule has 3 heteroatoms. The zero-order chi connectivity index (χ0) is 12.2. The lowest BCUT2D eigenvalue weighted by Gasteiger charge is -2.36. The molecule has 0 aromatic carbocycles. The van der Waals surface area contributed by atoms with Crippen LogP contribution in [0.15, 0.2) is 0 Å². The Kier molecular flexibility index (Phi) is 6.37. The van der Waals surface area contributed by atoms with Gasteiger partial charge in [-0.1, -0.05) is 59.9 Å². The molecule has 1 nitrogen and oxygen atoms in total. The van der Waals surface area contributed by atoms with Crippen molar-refractivity contribution in [3.05, 3.63) is 0 Å². The molecule has 1 atom stereocenters. The Labute approximate surface area is 100.0 Å². The molecule has 0 spiro atoms. The number of hydrogen-bond donors (Lipinski definition) is 0. The SMILES string of the molecule is CC(C)N(C(C)C)[SiH](C)CC[Si](C)(C)C. The summed E-state index contributed by atoms with van der Waals surface area (Å²) in [7, 11) is -1.49. The predicted molar refractivity (Wildman–Crippen MR) is 78.1 cm³/mol. The molecule has 0 aromatic heterocycles. The quantitative estimate of drug-likeness (QED) is 0.644. The normalized spacial score (nSPS) is 15.4. The van der Waals surface area contributed by atoms with Crippen molar-refractivity contribution in [1.82, 2.24) is 4.57 Å². The van der Waals surface area contributed by atoms with E-state index < -0.39 is 17.0 Å². The lowest BCUT2D eigenvalue weighted by Crippen LogP contribution is -2.47. The molecule has 0 aliphatic rings. The molecule has 0 amide bonds. The van der Waals surface area contributed by atoms with E-state index >= 15 is 0 Å². The second-order valence-corrected chi connectivity index (χ2v) is 15.1. The van der Waals surface area contributed by atoms with Crippen molar-refractivity contribution in [1.29, 1.82) is 0 Å². The van der Waals surface area contributed by atoms with Gasteiger partial charge in [0.1, 0.15) is 8.96 Å². The summed E-state index contributed by atoms with van der Waals surface area (Å²) in [4.78, 5) is 0. The molecule has 0 saturated carbocycles. The smallest absolute Gasteiger partial charge is 0.109 e. The lowest BCUT2D eigenvalue weighted by atomic mass is 10.3. The highest BCUT2D eigenvalue weighted by atomic mass is 28.3. The minimum atomic E-state index is -0.827. The molecule has 0 aromatic rings. The average molecular weight is 246 g/mol. The minimum Gasteiger partial charge on any atom is -0.322 e. The summed E-state index contributed by atoms with van der Waals surface area (Å²) in [6, 6.07) is 4.48. The molecule has 0 aliphatic heterocycles. The van der Waals surface area contributed by atoms with Gasteiger partial charge in [-0.15, -0.1) is 0 Å².